The summed E-state index contributed by atoms with van der Waals surface area (Å²) in [5.74, 6) is -0.119. The molecule has 174 valence electrons. The molecule has 0 radical (unpaired) electrons. The van der Waals surface area contributed by atoms with E-state index in [1.165, 1.54) is 11.3 Å². The number of carbonyl (C=O) groups is 1. The second-order valence-electron chi connectivity index (χ2n) is 8.54. The monoisotopic (exact) mass is 474 g/mol. The van der Waals surface area contributed by atoms with Crippen molar-refractivity contribution < 1.29 is 18.3 Å². The third-order valence-electron chi connectivity index (χ3n) is 6.15. The third-order valence-corrected chi connectivity index (χ3v) is 7.26. The fourth-order valence-corrected chi connectivity index (χ4v) is 5.37. The number of aryl methyl sites for hydroxylation is 1. The Morgan fingerprint density at radius 2 is 2.09 bits per heavy atom. The summed E-state index contributed by atoms with van der Waals surface area (Å²) in [6.45, 7) is 2.62. The number of carbonyl (C=O) groups excluding carboxylic acids is 1. The molecule has 5 heterocycles. The van der Waals surface area contributed by atoms with Crippen LogP contribution in [0.15, 0.2) is 24.3 Å². The van der Waals surface area contributed by atoms with Crippen LogP contribution in [0.4, 0.5) is 20.3 Å². The first-order chi connectivity index (χ1) is 15.8. The minimum absolute atomic E-state index is 0.161. The molecule has 33 heavy (non-hydrogen) atoms. The molecule has 3 atom stereocenters. The normalized spacial score (nSPS) is 22.5. The number of nitrogens with one attached hydrogen (secondary N) is 1. The van der Waals surface area contributed by atoms with Gasteiger partial charge in [-0.25, -0.2) is 13.8 Å². The maximum absolute atomic E-state index is 13.1. The fraction of sp³-hybridized carbons (Fsp3) is 0.409. The number of nitrogens with zero attached hydrogens (tertiary/aromatic N) is 3. The predicted octanol–water partition coefficient (Wildman–Crippen LogP) is 2.34. The minimum Gasteiger partial charge on any atom is -0.475 e. The van der Waals surface area contributed by atoms with Gasteiger partial charge in [-0.1, -0.05) is 0 Å². The first-order valence-corrected chi connectivity index (χ1v) is 11.5. The van der Waals surface area contributed by atoms with Crippen LogP contribution >= 0.6 is 11.3 Å². The Balaban J connectivity index is 1.27. The van der Waals surface area contributed by atoms with Crippen molar-refractivity contribution in [2.24, 2.45) is 11.7 Å². The first kappa shape index (κ1) is 21.8. The number of thiophene rings is 1. The highest BCUT2D eigenvalue weighted by Crippen LogP contribution is 2.33. The molecule has 8 nitrogen and oxygen atoms in total. The summed E-state index contributed by atoms with van der Waals surface area (Å²) in [7, 11) is 0. The number of hydrogen-bond acceptors (Lipinski definition) is 8. The van der Waals surface area contributed by atoms with E-state index >= 15 is 0 Å². The second kappa shape index (κ2) is 8.38. The van der Waals surface area contributed by atoms with Gasteiger partial charge in [0.2, 0.25) is 12.3 Å². The maximum Gasteiger partial charge on any atom is 0.263 e. The summed E-state index contributed by atoms with van der Waals surface area (Å²) in [4.78, 5) is 24.8. The van der Waals surface area contributed by atoms with E-state index in [4.69, 9.17) is 16.2 Å². The maximum atomic E-state index is 13.1. The van der Waals surface area contributed by atoms with Gasteiger partial charge >= 0.3 is 0 Å². The Hall–Kier alpha value is -3.05. The van der Waals surface area contributed by atoms with Gasteiger partial charge in [-0.3, -0.25) is 4.79 Å². The van der Waals surface area contributed by atoms with Crippen LogP contribution in [0.5, 0.6) is 5.88 Å². The molecule has 1 fully saturated rings. The van der Waals surface area contributed by atoms with E-state index in [9.17, 15) is 13.6 Å². The van der Waals surface area contributed by atoms with Gasteiger partial charge in [0.05, 0.1) is 17.6 Å². The highest BCUT2D eigenvalue weighted by atomic mass is 32.1. The topological polar surface area (TPSA) is 119 Å². The van der Waals surface area contributed by atoms with Gasteiger partial charge in [-0.2, -0.15) is 4.98 Å². The number of amides is 1. The zero-order valence-electron chi connectivity index (χ0n) is 17.9. The predicted molar refractivity (Wildman–Crippen MR) is 123 cm³/mol. The lowest BCUT2D eigenvalue weighted by Gasteiger charge is -2.27. The van der Waals surface area contributed by atoms with Crippen LogP contribution in [0.1, 0.15) is 20.9 Å². The molecular weight excluding hydrogens is 450 g/mol. The molecule has 0 aromatic carbocycles. The largest absolute Gasteiger partial charge is 0.475 e. The zero-order chi connectivity index (χ0) is 23.3. The molecule has 5 N–H and O–H groups in total. The highest BCUT2D eigenvalue weighted by Gasteiger charge is 2.37. The molecule has 0 spiro atoms. The quantitative estimate of drug-likeness (QED) is 0.531. The summed E-state index contributed by atoms with van der Waals surface area (Å²) in [5, 5.41) is 3.76. The van der Waals surface area contributed by atoms with Crippen molar-refractivity contribution in [3.63, 3.8) is 0 Å². The minimum atomic E-state index is -2.46. The van der Waals surface area contributed by atoms with Crippen molar-refractivity contribution in [2.75, 3.05) is 30.3 Å². The Morgan fingerprint density at radius 1 is 1.27 bits per heavy atom. The van der Waals surface area contributed by atoms with Crippen LogP contribution in [0, 0.1) is 12.8 Å². The van der Waals surface area contributed by atoms with Gasteiger partial charge in [0, 0.05) is 42.2 Å². The summed E-state index contributed by atoms with van der Waals surface area (Å²) in [5.41, 5.74) is 14.2. The van der Waals surface area contributed by atoms with Crippen molar-refractivity contribution in [3.8, 4) is 5.88 Å². The Kier molecular flexibility index (Phi) is 5.53. The van der Waals surface area contributed by atoms with Gasteiger partial charge in [0.25, 0.3) is 5.91 Å². The van der Waals surface area contributed by atoms with E-state index in [0.29, 0.717) is 35.2 Å². The molecule has 2 aliphatic rings. The van der Waals surface area contributed by atoms with Gasteiger partial charge < -0.3 is 26.4 Å². The van der Waals surface area contributed by atoms with Crippen LogP contribution < -0.4 is 26.4 Å². The number of nitrogen functional groups attached to an aromatic ring is 1. The van der Waals surface area contributed by atoms with Crippen molar-refractivity contribution in [3.05, 3.63) is 40.4 Å². The average Bonchev–Trinajstić information content (AvgIpc) is 3.33. The summed E-state index contributed by atoms with van der Waals surface area (Å²) >= 11 is 1.27. The smallest absolute Gasteiger partial charge is 0.263 e. The van der Waals surface area contributed by atoms with Crippen molar-refractivity contribution in [2.45, 2.75) is 31.9 Å². The third kappa shape index (κ3) is 4.06. The SMILES string of the molecule is Cc1ccc2c(N)c(C(=O)N[C@H]3COc4nc(N5CC(C(F)F)[C@H](N)C5)ccc4C3)sc2n1. The zero-order valence-corrected chi connectivity index (χ0v) is 18.7. The standard InChI is InChI=1S/C22H24F2N6O2S/c1-10-2-4-13-17(26)18(33-22(13)27-10)20(31)28-12-6-11-3-5-16(29-21(11)32-9-12)30-7-14(19(23)24)15(25)8-30/h2-5,12,14-15,19H,6-9,25-26H2,1H3,(H,28,31)/t12-,14?,15-/m1/s1. The summed E-state index contributed by atoms with van der Waals surface area (Å²) in [6, 6.07) is 6.54. The van der Waals surface area contributed by atoms with Crippen LogP contribution in [-0.4, -0.2) is 54.1 Å². The van der Waals surface area contributed by atoms with Crippen molar-refractivity contribution in [1.29, 1.82) is 0 Å². The Bertz CT molecular complexity index is 1220. The van der Waals surface area contributed by atoms with Gasteiger partial charge in [0.1, 0.15) is 22.1 Å². The number of fused-ring (bicyclic) bond motifs is 2. The lowest BCUT2D eigenvalue weighted by Crippen LogP contribution is -2.43. The van der Waals surface area contributed by atoms with E-state index < -0.39 is 18.4 Å². The molecule has 5 rings (SSSR count). The number of anilines is 2. The highest BCUT2D eigenvalue weighted by molar-refractivity contribution is 7.21. The number of ether oxygens (including phenoxy) is 1. The number of rotatable bonds is 4. The Morgan fingerprint density at radius 3 is 2.85 bits per heavy atom. The number of halogens is 2. The molecular formula is C22H24F2N6O2S. The molecule has 3 aromatic rings. The second-order valence-corrected chi connectivity index (χ2v) is 9.54. The fourth-order valence-electron chi connectivity index (χ4n) is 4.33. The van der Waals surface area contributed by atoms with E-state index in [0.717, 1.165) is 21.5 Å². The average molecular weight is 475 g/mol. The van der Waals surface area contributed by atoms with Gasteiger partial charge in [-0.05, 0) is 31.2 Å². The van der Waals surface area contributed by atoms with Crippen molar-refractivity contribution in [1.82, 2.24) is 15.3 Å². The summed E-state index contributed by atoms with van der Waals surface area (Å²) < 4.78 is 32.1. The van der Waals surface area contributed by atoms with E-state index in [1.54, 1.807) is 11.0 Å². The number of aromatic nitrogens is 2. The van der Waals surface area contributed by atoms with Gasteiger partial charge in [-0.15, -0.1) is 11.3 Å². The molecule has 1 unspecified atom stereocenters. The molecule has 0 saturated carbocycles. The molecule has 3 aromatic heterocycles. The summed E-state index contributed by atoms with van der Waals surface area (Å²) in [6.07, 6.45) is -1.92. The van der Waals surface area contributed by atoms with Gasteiger partial charge in [0.15, 0.2) is 0 Å². The lowest BCUT2D eigenvalue weighted by atomic mass is 10.1. The van der Waals surface area contributed by atoms with E-state index in [1.807, 2.05) is 25.1 Å². The number of alkyl halides is 2. The Labute approximate surface area is 192 Å². The molecule has 0 bridgehead atoms. The molecule has 1 saturated heterocycles. The van der Waals surface area contributed by atoms with Crippen LogP contribution in [0.25, 0.3) is 10.2 Å². The van der Waals surface area contributed by atoms with Crippen molar-refractivity contribution >= 4 is 39.0 Å². The van der Waals surface area contributed by atoms with E-state index in [2.05, 4.69) is 15.3 Å². The van der Waals surface area contributed by atoms with Crippen LogP contribution in [0.3, 0.4) is 0 Å². The lowest BCUT2D eigenvalue weighted by molar-refractivity contribution is 0.0804. The van der Waals surface area contributed by atoms with Crippen LogP contribution in [-0.2, 0) is 6.42 Å². The molecule has 1 amide bonds. The molecule has 2 aliphatic heterocycles. The number of hydrogen-bond donors (Lipinski definition) is 3. The number of pyridine rings is 2. The first-order valence-electron chi connectivity index (χ1n) is 10.7. The molecule has 11 heteroatoms. The molecule has 0 aliphatic carbocycles. The van der Waals surface area contributed by atoms with E-state index in [-0.39, 0.29) is 25.1 Å². The van der Waals surface area contributed by atoms with Crippen LogP contribution in [0.2, 0.25) is 0 Å². The number of nitrogens with two attached hydrogens (primary N) is 2.